The van der Waals surface area contributed by atoms with Crippen LogP contribution in [0.25, 0.3) is 0 Å². The molecule has 0 aromatic heterocycles. The van der Waals surface area contributed by atoms with Gasteiger partial charge in [-0.15, -0.1) is 6.58 Å². The van der Waals surface area contributed by atoms with Gasteiger partial charge in [-0.05, 0) is 54.9 Å². The zero-order chi connectivity index (χ0) is 15.7. The second kappa shape index (κ2) is 6.56. The zero-order valence-corrected chi connectivity index (χ0v) is 14.1. The number of carbonyl (C=O) groups excluding carboxylic acids is 1. The van der Waals surface area contributed by atoms with Gasteiger partial charge >= 0.3 is 0 Å². The van der Waals surface area contributed by atoms with Gasteiger partial charge in [-0.2, -0.15) is 0 Å². The zero-order valence-electron chi connectivity index (χ0n) is 14.1. The third-order valence-electron chi connectivity index (χ3n) is 6.51. The first-order valence-electron chi connectivity index (χ1n) is 9.20. The molecule has 0 saturated heterocycles. The van der Waals surface area contributed by atoms with Crippen LogP contribution in [0.15, 0.2) is 36.5 Å². The van der Waals surface area contributed by atoms with Gasteiger partial charge in [0.25, 0.3) is 0 Å². The topological polar surface area (TPSA) is 17.1 Å². The molecule has 1 heteroatoms. The average molecular weight is 298 g/mol. The molecule has 22 heavy (non-hydrogen) atoms. The maximum atomic E-state index is 13.0. The molecule has 5 atom stereocenters. The maximum Gasteiger partial charge on any atom is 0.166 e. The molecule has 0 aliphatic heterocycles. The molecule has 120 valence electrons. The SMILES string of the molecule is C=CC1C(=O)C2=CCC(CC)CC2C(C2CCC2)C1/C=C\C. The molecule has 0 radical (unpaired) electrons. The van der Waals surface area contributed by atoms with Crippen molar-refractivity contribution in [1.29, 1.82) is 0 Å². The van der Waals surface area contributed by atoms with E-state index in [2.05, 4.69) is 38.7 Å². The third-order valence-corrected chi connectivity index (χ3v) is 6.51. The van der Waals surface area contributed by atoms with E-state index in [4.69, 9.17) is 0 Å². The van der Waals surface area contributed by atoms with Crippen LogP contribution in [0.3, 0.4) is 0 Å². The summed E-state index contributed by atoms with van der Waals surface area (Å²) < 4.78 is 0. The number of ketones is 1. The Hall–Kier alpha value is -1.11. The van der Waals surface area contributed by atoms with Crippen molar-refractivity contribution in [2.75, 3.05) is 0 Å². The Morgan fingerprint density at radius 3 is 2.68 bits per heavy atom. The highest BCUT2D eigenvalue weighted by molar-refractivity contribution is 6.00. The predicted octanol–water partition coefficient (Wildman–Crippen LogP) is 5.34. The van der Waals surface area contributed by atoms with E-state index in [9.17, 15) is 4.79 Å². The highest BCUT2D eigenvalue weighted by atomic mass is 16.1. The highest BCUT2D eigenvalue weighted by Crippen LogP contribution is 2.53. The quantitative estimate of drug-likeness (QED) is 0.640. The van der Waals surface area contributed by atoms with E-state index in [0.717, 1.165) is 23.8 Å². The van der Waals surface area contributed by atoms with E-state index < -0.39 is 0 Å². The van der Waals surface area contributed by atoms with E-state index in [-0.39, 0.29) is 5.92 Å². The van der Waals surface area contributed by atoms with Crippen LogP contribution in [-0.4, -0.2) is 5.78 Å². The van der Waals surface area contributed by atoms with E-state index in [1.54, 1.807) is 0 Å². The van der Waals surface area contributed by atoms with Gasteiger partial charge in [-0.3, -0.25) is 4.79 Å². The van der Waals surface area contributed by atoms with Crippen LogP contribution in [0, 0.1) is 35.5 Å². The molecule has 0 N–H and O–H groups in total. The van der Waals surface area contributed by atoms with Gasteiger partial charge in [0.2, 0.25) is 0 Å². The number of hydrogen-bond acceptors (Lipinski definition) is 1. The summed E-state index contributed by atoms with van der Waals surface area (Å²) in [6, 6.07) is 0. The average Bonchev–Trinajstić information content (AvgIpc) is 2.49. The minimum Gasteiger partial charge on any atom is -0.294 e. The molecule has 3 aliphatic rings. The van der Waals surface area contributed by atoms with Crippen molar-refractivity contribution in [2.45, 2.75) is 52.4 Å². The minimum atomic E-state index is 0.00229. The highest BCUT2D eigenvalue weighted by Gasteiger charge is 2.49. The van der Waals surface area contributed by atoms with Crippen molar-refractivity contribution in [3.63, 3.8) is 0 Å². The first kappa shape index (κ1) is 15.8. The Bertz CT molecular complexity index is 494. The summed E-state index contributed by atoms with van der Waals surface area (Å²) in [6.45, 7) is 8.37. The lowest BCUT2D eigenvalue weighted by Gasteiger charge is -2.50. The lowest BCUT2D eigenvalue weighted by atomic mass is 9.53. The monoisotopic (exact) mass is 298 g/mol. The molecular weight excluding hydrogens is 268 g/mol. The summed E-state index contributed by atoms with van der Waals surface area (Å²) >= 11 is 0. The van der Waals surface area contributed by atoms with Crippen molar-refractivity contribution in [3.8, 4) is 0 Å². The number of allylic oxidation sites excluding steroid dienone is 5. The lowest BCUT2D eigenvalue weighted by molar-refractivity contribution is -0.124. The molecule has 2 fully saturated rings. The molecule has 5 unspecified atom stereocenters. The van der Waals surface area contributed by atoms with Crippen LogP contribution < -0.4 is 0 Å². The molecule has 0 bridgehead atoms. The Morgan fingerprint density at radius 1 is 1.36 bits per heavy atom. The van der Waals surface area contributed by atoms with Crippen LogP contribution in [0.1, 0.15) is 52.4 Å². The van der Waals surface area contributed by atoms with Gasteiger partial charge in [0.05, 0.1) is 0 Å². The second-order valence-corrected chi connectivity index (χ2v) is 7.51. The van der Waals surface area contributed by atoms with Crippen LogP contribution in [0.5, 0.6) is 0 Å². The molecule has 0 amide bonds. The second-order valence-electron chi connectivity index (χ2n) is 7.51. The number of carbonyl (C=O) groups is 1. The van der Waals surface area contributed by atoms with Crippen LogP contribution in [0.2, 0.25) is 0 Å². The van der Waals surface area contributed by atoms with Crippen LogP contribution in [0.4, 0.5) is 0 Å². The van der Waals surface area contributed by atoms with Gasteiger partial charge in [-0.25, -0.2) is 0 Å². The van der Waals surface area contributed by atoms with Crippen molar-refractivity contribution in [3.05, 3.63) is 36.5 Å². The lowest BCUT2D eigenvalue weighted by Crippen LogP contribution is -2.47. The number of Topliss-reactive ketones (excluding diaryl/α,β-unsaturated/α-hetero) is 1. The molecule has 0 heterocycles. The Labute approximate surface area is 135 Å². The maximum absolute atomic E-state index is 13.0. The normalized spacial score (nSPS) is 39.3. The number of hydrogen-bond donors (Lipinski definition) is 0. The standard InChI is InChI=1S/C21H30O/c1-4-8-17-16(6-3)21(22)18-12-11-14(5-2)13-19(18)20(17)15-9-7-10-15/h4,6,8,12,14-17,19-20H,3,5,7,9-11,13H2,1-2H3/b8-4-. The molecule has 2 saturated carbocycles. The van der Waals surface area contributed by atoms with Crippen LogP contribution >= 0.6 is 0 Å². The van der Waals surface area contributed by atoms with E-state index in [0.29, 0.717) is 23.5 Å². The summed E-state index contributed by atoms with van der Waals surface area (Å²) in [7, 11) is 0. The predicted molar refractivity (Wildman–Crippen MR) is 92.4 cm³/mol. The largest absolute Gasteiger partial charge is 0.294 e. The van der Waals surface area contributed by atoms with Gasteiger partial charge < -0.3 is 0 Å². The van der Waals surface area contributed by atoms with E-state index in [1.807, 2.05) is 6.08 Å². The van der Waals surface area contributed by atoms with Gasteiger partial charge in [0.15, 0.2) is 5.78 Å². The minimum absolute atomic E-state index is 0.00229. The molecule has 0 aromatic rings. The fourth-order valence-electron chi connectivity index (χ4n) is 5.09. The summed E-state index contributed by atoms with van der Waals surface area (Å²) in [6.07, 6.45) is 16.3. The van der Waals surface area contributed by atoms with E-state index >= 15 is 0 Å². The first-order valence-corrected chi connectivity index (χ1v) is 9.20. The summed E-state index contributed by atoms with van der Waals surface area (Å²) in [5, 5.41) is 0. The number of fused-ring (bicyclic) bond motifs is 1. The molecular formula is C21H30O. The van der Waals surface area contributed by atoms with Crippen molar-refractivity contribution >= 4 is 5.78 Å². The summed E-state index contributed by atoms with van der Waals surface area (Å²) in [4.78, 5) is 13.0. The van der Waals surface area contributed by atoms with E-state index in [1.165, 1.54) is 32.1 Å². The Balaban J connectivity index is 2.00. The molecule has 0 aromatic carbocycles. The fraction of sp³-hybridized carbons (Fsp3) is 0.667. The summed E-state index contributed by atoms with van der Waals surface area (Å²) in [5.41, 5.74) is 1.16. The van der Waals surface area contributed by atoms with Crippen molar-refractivity contribution in [2.24, 2.45) is 35.5 Å². The number of rotatable bonds is 4. The molecule has 1 nitrogen and oxygen atoms in total. The Morgan fingerprint density at radius 2 is 2.14 bits per heavy atom. The van der Waals surface area contributed by atoms with Crippen molar-refractivity contribution in [1.82, 2.24) is 0 Å². The molecule has 3 rings (SSSR count). The third kappa shape index (κ3) is 2.53. The van der Waals surface area contributed by atoms with Gasteiger partial charge in [0.1, 0.15) is 0 Å². The van der Waals surface area contributed by atoms with Crippen LogP contribution in [-0.2, 0) is 4.79 Å². The first-order chi connectivity index (χ1) is 10.7. The fourth-order valence-corrected chi connectivity index (χ4v) is 5.09. The molecule has 0 spiro atoms. The molecule has 3 aliphatic carbocycles. The van der Waals surface area contributed by atoms with Gasteiger partial charge in [-0.1, -0.05) is 56.9 Å². The summed E-state index contributed by atoms with van der Waals surface area (Å²) in [5.74, 6) is 3.50. The van der Waals surface area contributed by atoms with Gasteiger partial charge in [0, 0.05) is 5.92 Å². The smallest absolute Gasteiger partial charge is 0.166 e. The van der Waals surface area contributed by atoms with Crippen molar-refractivity contribution < 1.29 is 4.79 Å². The Kier molecular flexibility index (Phi) is 4.70.